The van der Waals surface area contributed by atoms with Crippen molar-refractivity contribution in [3.05, 3.63) is 0 Å². The summed E-state index contributed by atoms with van der Waals surface area (Å²) < 4.78 is 11.2. The Bertz CT molecular complexity index is 190. The Labute approximate surface area is 98.1 Å². The number of hydrogen-bond donors (Lipinski definition) is 1. The Hall–Kier alpha value is -0.120. The highest BCUT2D eigenvalue weighted by molar-refractivity contribution is 4.72. The maximum Gasteiger partial charge on any atom is 0.0597 e. The molecule has 1 saturated carbocycles. The molecule has 0 aromatic rings. The molecule has 1 N–H and O–H groups in total. The van der Waals surface area contributed by atoms with Crippen LogP contribution in [0.2, 0.25) is 0 Å². The van der Waals surface area contributed by atoms with Crippen molar-refractivity contribution in [1.29, 1.82) is 0 Å². The second-order valence-corrected chi connectivity index (χ2v) is 5.19. The van der Waals surface area contributed by atoms with Crippen LogP contribution in [0.25, 0.3) is 0 Å². The van der Waals surface area contributed by atoms with Gasteiger partial charge < -0.3 is 14.6 Å². The summed E-state index contributed by atoms with van der Waals surface area (Å²) >= 11 is 0. The van der Waals surface area contributed by atoms with Gasteiger partial charge in [0.2, 0.25) is 0 Å². The van der Waals surface area contributed by atoms with E-state index in [2.05, 4.69) is 0 Å². The van der Waals surface area contributed by atoms with Gasteiger partial charge in [-0.05, 0) is 44.4 Å². The van der Waals surface area contributed by atoms with Crippen LogP contribution in [0.15, 0.2) is 0 Å². The first kappa shape index (κ1) is 12.3. The van der Waals surface area contributed by atoms with Crippen molar-refractivity contribution >= 4 is 0 Å². The smallest absolute Gasteiger partial charge is 0.0597 e. The summed E-state index contributed by atoms with van der Waals surface area (Å²) in [6, 6.07) is 0. The van der Waals surface area contributed by atoms with Crippen molar-refractivity contribution in [2.75, 3.05) is 19.8 Å². The summed E-state index contributed by atoms with van der Waals surface area (Å²) in [4.78, 5) is 0. The van der Waals surface area contributed by atoms with Crippen molar-refractivity contribution in [2.24, 2.45) is 5.92 Å². The first-order valence-electron chi connectivity index (χ1n) is 6.72. The van der Waals surface area contributed by atoms with Gasteiger partial charge in [0.05, 0.1) is 12.2 Å². The van der Waals surface area contributed by atoms with Crippen LogP contribution in [-0.4, -0.2) is 37.1 Å². The number of ether oxygens (including phenoxy) is 2. The third-order valence-corrected chi connectivity index (χ3v) is 3.72. The fraction of sp³-hybridized carbons (Fsp3) is 1.00. The lowest BCUT2D eigenvalue weighted by atomic mass is 9.88. The van der Waals surface area contributed by atoms with Crippen molar-refractivity contribution < 1.29 is 14.6 Å². The van der Waals surface area contributed by atoms with Crippen molar-refractivity contribution in [3.8, 4) is 0 Å². The highest BCUT2D eigenvalue weighted by Gasteiger charge is 2.20. The van der Waals surface area contributed by atoms with Crippen LogP contribution >= 0.6 is 0 Å². The Morgan fingerprint density at radius 3 is 2.88 bits per heavy atom. The molecule has 3 heteroatoms. The molecule has 0 amide bonds. The van der Waals surface area contributed by atoms with Gasteiger partial charge in [0.25, 0.3) is 0 Å². The van der Waals surface area contributed by atoms with Crippen molar-refractivity contribution in [3.63, 3.8) is 0 Å². The molecule has 16 heavy (non-hydrogen) atoms. The maximum absolute atomic E-state index is 9.53. The van der Waals surface area contributed by atoms with Crippen molar-refractivity contribution in [1.82, 2.24) is 0 Å². The topological polar surface area (TPSA) is 38.7 Å². The van der Waals surface area contributed by atoms with Gasteiger partial charge in [-0.2, -0.15) is 0 Å². The molecule has 1 heterocycles. The van der Waals surface area contributed by atoms with E-state index in [4.69, 9.17) is 9.47 Å². The summed E-state index contributed by atoms with van der Waals surface area (Å²) in [5.41, 5.74) is 0. The molecule has 3 unspecified atom stereocenters. The molecule has 0 spiro atoms. The lowest BCUT2D eigenvalue weighted by Gasteiger charge is -2.25. The molecule has 3 atom stereocenters. The average molecular weight is 228 g/mol. The minimum absolute atomic E-state index is 0.0829. The molecular formula is C13H24O3. The van der Waals surface area contributed by atoms with E-state index >= 15 is 0 Å². The van der Waals surface area contributed by atoms with Gasteiger partial charge in [0.15, 0.2) is 0 Å². The minimum atomic E-state index is -0.0829. The first-order chi connectivity index (χ1) is 7.84. The van der Waals surface area contributed by atoms with E-state index in [0.29, 0.717) is 12.0 Å². The Balaban J connectivity index is 1.50. The summed E-state index contributed by atoms with van der Waals surface area (Å²) in [5.74, 6) is 0.577. The molecule has 0 aromatic heterocycles. The summed E-state index contributed by atoms with van der Waals surface area (Å²) in [7, 11) is 0. The minimum Gasteiger partial charge on any atom is -0.393 e. The lowest BCUT2D eigenvalue weighted by molar-refractivity contribution is 0.0220. The molecule has 0 aromatic carbocycles. The van der Waals surface area contributed by atoms with E-state index in [1.54, 1.807) is 0 Å². The van der Waals surface area contributed by atoms with Gasteiger partial charge in [0.1, 0.15) is 0 Å². The second kappa shape index (κ2) is 6.58. The molecule has 0 radical (unpaired) electrons. The molecule has 94 valence electrons. The van der Waals surface area contributed by atoms with Gasteiger partial charge in [-0.1, -0.05) is 6.42 Å². The molecule has 1 aliphatic carbocycles. The number of aliphatic hydroxyl groups is 1. The third-order valence-electron chi connectivity index (χ3n) is 3.72. The summed E-state index contributed by atoms with van der Waals surface area (Å²) in [5, 5.41) is 9.53. The van der Waals surface area contributed by atoms with Gasteiger partial charge >= 0.3 is 0 Å². The molecule has 1 saturated heterocycles. The Morgan fingerprint density at radius 2 is 2.12 bits per heavy atom. The van der Waals surface area contributed by atoms with E-state index in [1.165, 1.54) is 19.3 Å². The summed E-state index contributed by atoms with van der Waals surface area (Å²) in [6.07, 6.45) is 8.09. The van der Waals surface area contributed by atoms with E-state index < -0.39 is 0 Å². The summed E-state index contributed by atoms with van der Waals surface area (Å²) in [6.45, 7) is 2.57. The average Bonchev–Trinajstić information content (AvgIpc) is 2.77. The Morgan fingerprint density at radius 1 is 1.19 bits per heavy atom. The largest absolute Gasteiger partial charge is 0.393 e. The Kier molecular flexibility index (Phi) is 5.07. The number of rotatable bonds is 5. The molecule has 2 fully saturated rings. The molecule has 2 rings (SSSR count). The van der Waals surface area contributed by atoms with Crippen molar-refractivity contribution in [2.45, 2.75) is 57.2 Å². The highest BCUT2D eigenvalue weighted by atomic mass is 16.5. The predicted molar refractivity (Wildman–Crippen MR) is 62.4 cm³/mol. The van der Waals surface area contributed by atoms with Crippen LogP contribution in [0.1, 0.15) is 44.9 Å². The zero-order valence-electron chi connectivity index (χ0n) is 10.1. The zero-order chi connectivity index (χ0) is 11.2. The second-order valence-electron chi connectivity index (χ2n) is 5.19. The molecular weight excluding hydrogens is 204 g/mol. The maximum atomic E-state index is 9.53. The van der Waals surface area contributed by atoms with Gasteiger partial charge in [-0.15, -0.1) is 0 Å². The fourth-order valence-electron chi connectivity index (χ4n) is 2.75. The van der Waals surface area contributed by atoms with E-state index in [9.17, 15) is 5.11 Å². The lowest BCUT2D eigenvalue weighted by Crippen LogP contribution is -2.23. The van der Waals surface area contributed by atoms with E-state index in [1.807, 2.05) is 0 Å². The fourth-order valence-corrected chi connectivity index (χ4v) is 2.75. The molecule has 0 bridgehead atoms. The van der Waals surface area contributed by atoms with Gasteiger partial charge in [-0.25, -0.2) is 0 Å². The SMILES string of the molecule is OC1CCCC(COCCC2CCCO2)C1. The number of aliphatic hydroxyl groups excluding tert-OH is 1. The monoisotopic (exact) mass is 228 g/mol. The standard InChI is InChI=1S/C13H24O3/c14-12-4-1-3-11(9-12)10-15-8-6-13-5-2-7-16-13/h11-14H,1-10H2. The van der Waals surface area contributed by atoms with Crippen LogP contribution in [0.4, 0.5) is 0 Å². The number of hydrogen-bond acceptors (Lipinski definition) is 3. The van der Waals surface area contributed by atoms with Gasteiger partial charge in [0, 0.05) is 19.8 Å². The molecule has 1 aliphatic heterocycles. The van der Waals surface area contributed by atoms with E-state index in [0.717, 1.165) is 45.5 Å². The molecule has 3 nitrogen and oxygen atoms in total. The quantitative estimate of drug-likeness (QED) is 0.733. The highest BCUT2D eigenvalue weighted by Crippen LogP contribution is 2.24. The third kappa shape index (κ3) is 4.04. The van der Waals surface area contributed by atoms with Crippen LogP contribution in [-0.2, 0) is 9.47 Å². The normalized spacial score (nSPS) is 35.4. The van der Waals surface area contributed by atoms with Crippen LogP contribution < -0.4 is 0 Å². The van der Waals surface area contributed by atoms with Crippen LogP contribution in [0.5, 0.6) is 0 Å². The van der Waals surface area contributed by atoms with E-state index in [-0.39, 0.29) is 6.10 Å². The predicted octanol–water partition coefficient (Wildman–Crippen LogP) is 2.12. The van der Waals surface area contributed by atoms with Crippen LogP contribution in [0, 0.1) is 5.92 Å². The van der Waals surface area contributed by atoms with Gasteiger partial charge in [-0.3, -0.25) is 0 Å². The first-order valence-corrected chi connectivity index (χ1v) is 6.72. The zero-order valence-corrected chi connectivity index (χ0v) is 10.1. The molecule has 2 aliphatic rings. The van der Waals surface area contributed by atoms with Crippen LogP contribution in [0.3, 0.4) is 0 Å².